The van der Waals surface area contributed by atoms with Crippen LogP contribution >= 0.6 is 11.3 Å². The standard InChI is InChI=1S/C15H20N2O2S/c1-17-9-2-3-10(17)7-8(6-9)14-16-13-11(15(18)19)4-5-12(13)20-14/h8-11H,2-7H2,1H3,(H,18,19). The van der Waals surface area contributed by atoms with Crippen molar-refractivity contribution in [1.82, 2.24) is 9.88 Å². The molecule has 2 saturated heterocycles. The SMILES string of the molecule is CN1C2CCC1CC(c1nc3c(s1)CCC3C(=O)O)C2. The van der Waals surface area contributed by atoms with E-state index >= 15 is 0 Å². The summed E-state index contributed by atoms with van der Waals surface area (Å²) in [6.07, 6.45) is 6.70. The summed E-state index contributed by atoms with van der Waals surface area (Å²) in [6, 6.07) is 1.43. The number of aryl methyl sites for hydroxylation is 1. The molecular formula is C15H20N2O2S. The van der Waals surface area contributed by atoms with Crippen LogP contribution in [0.4, 0.5) is 0 Å². The van der Waals surface area contributed by atoms with Gasteiger partial charge in [0.15, 0.2) is 0 Å². The van der Waals surface area contributed by atoms with Gasteiger partial charge in [-0.2, -0.15) is 0 Å². The highest BCUT2D eigenvalue weighted by Crippen LogP contribution is 2.45. The monoisotopic (exact) mass is 292 g/mol. The predicted octanol–water partition coefficient (Wildman–Crippen LogP) is 2.60. The molecule has 5 heteroatoms. The van der Waals surface area contributed by atoms with Crippen LogP contribution in [0.15, 0.2) is 0 Å². The second-order valence-electron chi connectivity index (χ2n) is 6.51. The van der Waals surface area contributed by atoms with Crippen LogP contribution in [-0.2, 0) is 11.2 Å². The maximum atomic E-state index is 11.3. The lowest BCUT2D eigenvalue weighted by molar-refractivity contribution is -0.138. The fourth-order valence-corrected chi connectivity index (χ4v) is 5.54. The second kappa shape index (κ2) is 4.53. The number of rotatable bonds is 2. The highest BCUT2D eigenvalue weighted by Gasteiger charge is 2.41. The van der Waals surface area contributed by atoms with Crippen LogP contribution in [0.2, 0.25) is 0 Å². The van der Waals surface area contributed by atoms with Crippen LogP contribution in [0.3, 0.4) is 0 Å². The predicted molar refractivity (Wildman–Crippen MR) is 77.4 cm³/mol. The number of hydrogen-bond acceptors (Lipinski definition) is 4. The lowest BCUT2D eigenvalue weighted by atomic mass is 9.91. The average molecular weight is 292 g/mol. The minimum atomic E-state index is -0.705. The topological polar surface area (TPSA) is 53.4 Å². The molecule has 20 heavy (non-hydrogen) atoms. The molecule has 2 aliphatic heterocycles. The van der Waals surface area contributed by atoms with Crippen molar-refractivity contribution in [2.75, 3.05) is 7.05 Å². The van der Waals surface area contributed by atoms with Gasteiger partial charge in [-0.1, -0.05) is 0 Å². The molecule has 4 rings (SSSR count). The molecule has 1 aliphatic carbocycles. The number of thiazole rings is 1. The summed E-state index contributed by atoms with van der Waals surface area (Å²) in [5, 5.41) is 10.5. The van der Waals surface area contributed by atoms with E-state index in [1.54, 1.807) is 11.3 Å². The van der Waals surface area contributed by atoms with Gasteiger partial charge in [-0.25, -0.2) is 4.98 Å². The van der Waals surface area contributed by atoms with Crippen molar-refractivity contribution in [2.45, 2.75) is 62.4 Å². The van der Waals surface area contributed by atoms with E-state index in [2.05, 4.69) is 11.9 Å². The molecule has 0 aromatic carbocycles. The Morgan fingerprint density at radius 3 is 2.65 bits per heavy atom. The average Bonchev–Trinajstić information content (AvgIpc) is 3.01. The van der Waals surface area contributed by atoms with E-state index in [-0.39, 0.29) is 5.92 Å². The molecule has 3 atom stereocenters. The van der Waals surface area contributed by atoms with Crippen LogP contribution in [0, 0.1) is 0 Å². The summed E-state index contributed by atoms with van der Waals surface area (Å²) in [5.74, 6) is -0.490. The highest BCUT2D eigenvalue weighted by atomic mass is 32.1. The highest BCUT2D eigenvalue weighted by molar-refractivity contribution is 7.11. The Balaban J connectivity index is 1.59. The fraction of sp³-hybridized carbons (Fsp3) is 0.733. The Kier molecular flexibility index (Phi) is 2.89. The Bertz CT molecular complexity index is 542. The molecule has 3 aliphatic rings. The van der Waals surface area contributed by atoms with E-state index in [4.69, 9.17) is 4.98 Å². The van der Waals surface area contributed by atoms with Crippen LogP contribution < -0.4 is 0 Å². The van der Waals surface area contributed by atoms with E-state index < -0.39 is 5.97 Å². The van der Waals surface area contributed by atoms with Gasteiger partial charge < -0.3 is 10.0 Å². The third kappa shape index (κ3) is 1.83. The summed E-state index contributed by atoms with van der Waals surface area (Å²) >= 11 is 1.79. The zero-order chi connectivity index (χ0) is 13.9. The van der Waals surface area contributed by atoms with Crippen LogP contribution in [-0.4, -0.2) is 40.1 Å². The minimum Gasteiger partial charge on any atom is -0.481 e. The Labute approximate surface area is 122 Å². The lowest BCUT2D eigenvalue weighted by Crippen LogP contribution is -2.39. The van der Waals surface area contributed by atoms with Crippen molar-refractivity contribution in [1.29, 1.82) is 0 Å². The summed E-state index contributed by atoms with van der Waals surface area (Å²) in [4.78, 5) is 19.8. The first-order valence-corrected chi connectivity index (χ1v) is 8.39. The van der Waals surface area contributed by atoms with E-state index in [1.807, 2.05) is 0 Å². The van der Waals surface area contributed by atoms with Gasteiger partial charge in [-0.15, -0.1) is 11.3 Å². The third-order valence-corrected chi connectivity index (χ3v) is 6.77. The Morgan fingerprint density at radius 2 is 2.00 bits per heavy atom. The number of hydrogen-bond donors (Lipinski definition) is 1. The van der Waals surface area contributed by atoms with Crippen LogP contribution in [0.1, 0.15) is 59.5 Å². The van der Waals surface area contributed by atoms with E-state index in [0.717, 1.165) is 18.5 Å². The molecule has 4 nitrogen and oxygen atoms in total. The first-order chi connectivity index (χ1) is 9.63. The zero-order valence-electron chi connectivity index (χ0n) is 11.7. The summed E-state index contributed by atoms with van der Waals surface area (Å²) < 4.78 is 0. The molecule has 1 aromatic heterocycles. The Morgan fingerprint density at radius 1 is 1.30 bits per heavy atom. The van der Waals surface area contributed by atoms with E-state index in [0.29, 0.717) is 18.0 Å². The van der Waals surface area contributed by atoms with Crippen molar-refractivity contribution in [3.63, 3.8) is 0 Å². The molecule has 3 heterocycles. The molecule has 0 spiro atoms. The van der Waals surface area contributed by atoms with Crippen LogP contribution in [0.25, 0.3) is 0 Å². The number of nitrogens with zero attached hydrogens (tertiary/aromatic N) is 2. The molecule has 0 amide bonds. The maximum Gasteiger partial charge on any atom is 0.312 e. The number of carboxylic acid groups (broad SMARTS) is 1. The molecule has 1 N–H and O–H groups in total. The molecule has 3 unspecified atom stereocenters. The van der Waals surface area contributed by atoms with Gasteiger partial charge in [-0.3, -0.25) is 4.79 Å². The number of aromatic nitrogens is 1. The van der Waals surface area contributed by atoms with Gasteiger partial charge in [0.05, 0.1) is 10.7 Å². The summed E-state index contributed by atoms with van der Waals surface area (Å²) in [7, 11) is 2.25. The molecule has 1 aromatic rings. The molecule has 2 bridgehead atoms. The second-order valence-corrected chi connectivity index (χ2v) is 7.62. The zero-order valence-corrected chi connectivity index (χ0v) is 12.5. The lowest BCUT2D eigenvalue weighted by Gasteiger charge is -2.35. The molecule has 2 fully saturated rings. The minimum absolute atomic E-state index is 0.349. The molecule has 0 saturated carbocycles. The van der Waals surface area contributed by atoms with Gasteiger partial charge >= 0.3 is 5.97 Å². The third-order valence-electron chi connectivity index (χ3n) is 5.48. The number of carboxylic acids is 1. The van der Waals surface area contributed by atoms with Gasteiger partial charge in [0.1, 0.15) is 5.92 Å². The van der Waals surface area contributed by atoms with Crippen molar-refractivity contribution in [3.05, 3.63) is 15.6 Å². The maximum absolute atomic E-state index is 11.3. The van der Waals surface area contributed by atoms with Gasteiger partial charge in [0.2, 0.25) is 0 Å². The normalized spacial score (nSPS) is 36.2. The molecule has 0 radical (unpaired) electrons. The number of fused-ring (bicyclic) bond motifs is 3. The first-order valence-electron chi connectivity index (χ1n) is 7.57. The smallest absolute Gasteiger partial charge is 0.312 e. The van der Waals surface area contributed by atoms with E-state index in [9.17, 15) is 9.90 Å². The van der Waals surface area contributed by atoms with Gasteiger partial charge in [0, 0.05) is 22.9 Å². The molecule has 108 valence electrons. The van der Waals surface area contributed by atoms with Crippen molar-refractivity contribution in [2.24, 2.45) is 0 Å². The summed E-state index contributed by atoms with van der Waals surface area (Å²) in [6.45, 7) is 0. The summed E-state index contributed by atoms with van der Waals surface area (Å²) in [5.41, 5.74) is 0.878. The van der Waals surface area contributed by atoms with E-state index in [1.165, 1.54) is 35.6 Å². The van der Waals surface area contributed by atoms with Gasteiger partial charge in [-0.05, 0) is 45.6 Å². The van der Waals surface area contributed by atoms with Crippen molar-refractivity contribution < 1.29 is 9.90 Å². The largest absolute Gasteiger partial charge is 0.481 e. The number of piperidine rings is 1. The number of aliphatic carboxylic acids is 1. The quantitative estimate of drug-likeness (QED) is 0.910. The fourth-order valence-electron chi connectivity index (χ4n) is 4.27. The first kappa shape index (κ1) is 12.8. The van der Waals surface area contributed by atoms with Crippen LogP contribution in [0.5, 0.6) is 0 Å². The van der Waals surface area contributed by atoms with Gasteiger partial charge in [0.25, 0.3) is 0 Å². The van der Waals surface area contributed by atoms with Crippen molar-refractivity contribution in [3.8, 4) is 0 Å². The van der Waals surface area contributed by atoms with Crippen molar-refractivity contribution >= 4 is 17.3 Å². The molecular weight excluding hydrogens is 272 g/mol. The Hall–Kier alpha value is -0.940. The number of carbonyl (C=O) groups is 1.